The fourth-order valence-electron chi connectivity index (χ4n) is 2.43. The van der Waals surface area contributed by atoms with Gasteiger partial charge in [0.05, 0.1) is 0 Å². The lowest BCUT2D eigenvalue weighted by Gasteiger charge is -2.23. The van der Waals surface area contributed by atoms with Crippen molar-refractivity contribution < 1.29 is 13.2 Å². The van der Waals surface area contributed by atoms with Crippen LogP contribution < -0.4 is 10.6 Å². The van der Waals surface area contributed by atoms with Crippen molar-refractivity contribution >= 4 is 11.6 Å². The van der Waals surface area contributed by atoms with Crippen LogP contribution in [0.4, 0.5) is 24.8 Å². The largest absolute Gasteiger partial charge is 0.451 e. The van der Waals surface area contributed by atoms with Crippen LogP contribution in [0.1, 0.15) is 12.2 Å². The quantitative estimate of drug-likeness (QED) is 0.913. The molecular weight excluding hydrogens is 271 g/mol. The highest BCUT2D eigenvalue weighted by molar-refractivity contribution is 5.46. The highest BCUT2D eigenvalue weighted by Gasteiger charge is 2.35. The highest BCUT2D eigenvalue weighted by Crippen LogP contribution is 2.28. The van der Waals surface area contributed by atoms with Crippen LogP contribution in [0.25, 0.3) is 0 Å². The Balaban J connectivity index is 2.13. The van der Waals surface area contributed by atoms with Gasteiger partial charge in [-0.15, -0.1) is 0 Å². The van der Waals surface area contributed by atoms with Gasteiger partial charge in [-0.05, 0) is 25.9 Å². The first-order valence-electron chi connectivity index (χ1n) is 6.37. The van der Waals surface area contributed by atoms with Gasteiger partial charge in [0, 0.05) is 26.2 Å². The van der Waals surface area contributed by atoms with Crippen molar-refractivity contribution in [1.82, 2.24) is 14.9 Å². The van der Waals surface area contributed by atoms with E-state index in [9.17, 15) is 13.2 Å². The van der Waals surface area contributed by atoms with Gasteiger partial charge in [-0.1, -0.05) is 0 Å². The van der Waals surface area contributed by atoms with Gasteiger partial charge < -0.3 is 15.5 Å². The summed E-state index contributed by atoms with van der Waals surface area (Å²) in [7, 11) is 3.75. The Kier molecular flexibility index (Phi) is 4.03. The summed E-state index contributed by atoms with van der Waals surface area (Å²) < 4.78 is 38.0. The Labute approximate surface area is 115 Å². The van der Waals surface area contributed by atoms with E-state index in [0.29, 0.717) is 12.5 Å². The molecule has 0 aliphatic carbocycles. The van der Waals surface area contributed by atoms with Crippen LogP contribution in [0.5, 0.6) is 0 Å². The first kappa shape index (κ1) is 14.8. The smallest absolute Gasteiger partial charge is 0.384 e. The number of halogens is 3. The van der Waals surface area contributed by atoms with Crippen molar-refractivity contribution in [2.75, 3.05) is 44.4 Å². The number of anilines is 2. The number of rotatable bonds is 3. The zero-order chi connectivity index (χ0) is 14.9. The van der Waals surface area contributed by atoms with Crippen LogP contribution in [0.15, 0.2) is 6.07 Å². The Morgan fingerprint density at radius 3 is 2.70 bits per heavy atom. The molecule has 0 amide bonds. The van der Waals surface area contributed by atoms with Crippen molar-refractivity contribution in [1.29, 1.82) is 0 Å². The second-order valence-corrected chi connectivity index (χ2v) is 5.27. The van der Waals surface area contributed by atoms with Crippen LogP contribution in [-0.4, -0.2) is 48.6 Å². The molecule has 0 aromatic carbocycles. The first-order chi connectivity index (χ1) is 9.25. The predicted octanol–water partition coefficient (Wildman–Crippen LogP) is 1.47. The molecule has 2 heterocycles. The van der Waals surface area contributed by atoms with Gasteiger partial charge in [0.25, 0.3) is 0 Å². The number of nitrogens with zero attached hydrogens (tertiary/aromatic N) is 4. The van der Waals surface area contributed by atoms with Crippen LogP contribution in [0.2, 0.25) is 0 Å². The maximum Gasteiger partial charge on any atom is 0.451 e. The molecule has 1 saturated heterocycles. The van der Waals surface area contributed by atoms with Crippen LogP contribution >= 0.6 is 0 Å². The zero-order valence-electron chi connectivity index (χ0n) is 11.5. The van der Waals surface area contributed by atoms with Gasteiger partial charge in [-0.3, -0.25) is 0 Å². The molecule has 112 valence electrons. The van der Waals surface area contributed by atoms with Gasteiger partial charge in [0.2, 0.25) is 5.82 Å². The van der Waals surface area contributed by atoms with Crippen LogP contribution in [0.3, 0.4) is 0 Å². The number of aromatic nitrogens is 2. The summed E-state index contributed by atoms with van der Waals surface area (Å²) in [5.74, 6) is -0.726. The number of alkyl halides is 3. The lowest BCUT2D eigenvalue weighted by Crippen LogP contribution is -2.28. The van der Waals surface area contributed by atoms with Crippen molar-refractivity contribution in [3.8, 4) is 0 Å². The molecule has 8 heteroatoms. The number of hydrogen-bond donors (Lipinski definition) is 1. The van der Waals surface area contributed by atoms with E-state index in [2.05, 4.69) is 14.9 Å². The average molecular weight is 289 g/mol. The monoisotopic (exact) mass is 289 g/mol. The molecule has 2 rings (SSSR count). The summed E-state index contributed by atoms with van der Waals surface area (Å²) in [4.78, 5) is 10.7. The molecule has 1 aliphatic rings. The number of likely N-dealkylation sites (tertiary alicyclic amines) is 1. The standard InChI is InChI=1S/C12H18F3N5/c1-19-4-3-8(6-19)7-20(2)10-5-9(16)17-11(18-10)12(13,14)15/h5,8H,3-4,6-7H2,1-2H3,(H2,16,17,18). The third-order valence-electron chi connectivity index (χ3n) is 3.40. The van der Waals surface area contributed by atoms with Gasteiger partial charge in [0.1, 0.15) is 11.6 Å². The molecule has 5 nitrogen and oxygen atoms in total. The SMILES string of the molecule is CN1CCC(CN(C)c2cc(N)nc(C(F)(F)F)n2)C1. The summed E-state index contributed by atoms with van der Waals surface area (Å²) >= 11 is 0. The maximum absolute atomic E-state index is 12.7. The maximum atomic E-state index is 12.7. The Morgan fingerprint density at radius 1 is 1.45 bits per heavy atom. The molecule has 1 fully saturated rings. The molecule has 1 aromatic heterocycles. The van der Waals surface area contributed by atoms with E-state index in [1.165, 1.54) is 6.07 Å². The number of nitrogen functional groups attached to an aromatic ring is 1. The van der Waals surface area contributed by atoms with E-state index in [1.54, 1.807) is 11.9 Å². The highest BCUT2D eigenvalue weighted by atomic mass is 19.4. The fraction of sp³-hybridized carbons (Fsp3) is 0.667. The second-order valence-electron chi connectivity index (χ2n) is 5.27. The summed E-state index contributed by atoms with van der Waals surface area (Å²) in [5.41, 5.74) is 5.44. The lowest BCUT2D eigenvalue weighted by molar-refractivity contribution is -0.144. The van der Waals surface area contributed by atoms with E-state index in [-0.39, 0.29) is 11.6 Å². The normalized spacial score (nSPS) is 20.4. The Morgan fingerprint density at radius 2 is 2.15 bits per heavy atom. The van der Waals surface area contributed by atoms with Crippen molar-refractivity contribution in [2.45, 2.75) is 12.6 Å². The molecule has 1 unspecified atom stereocenters. The molecule has 0 saturated carbocycles. The molecule has 2 N–H and O–H groups in total. The van der Waals surface area contributed by atoms with Gasteiger partial charge >= 0.3 is 6.18 Å². The average Bonchev–Trinajstić information content (AvgIpc) is 2.72. The van der Waals surface area contributed by atoms with E-state index in [4.69, 9.17) is 5.73 Å². The molecule has 1 atom stereocenters. The van der Waals surface area contributed by atoms with E-state index < -0.39 is 12.0 Å². The van der Waals surface area contributed by atoms with Gasteiger partial charge in [-0.25, -0.2) is 9.97 Å². The summed E-state index contributed by atoms with van der Waals surface area (Å²) in [6.45, 7) is 2.60. The molecule has 20 heavy (non-hydrogen) atoms. The topological polar surface area (TPSA) is 58.3 Å². The Bertz CT molecular complexity index is 477. The predicted molar refractivity (Wildman–Crippen MR) is 70.3 cm³/mol. The summed E-state index contributed by atoms with van der Waals surface area (Å²) in [5, 5.41) is 0. The number of nitrogens with two attached hydrogens (primary N) is 1. The molecule has 0 spiro atoms. The molecule has 0 bridgehead atoms. The van der Waals surface area contributed by atoms with Crippen molar-refractivity contribution in [2.24, 2.45) is 5.92 Å². The van der Waals surface area contributed by atoms with E-state index in [0.717, 1.165) is 19.5 Å². The third kappa shape index (κ3) is 3.50. The van der Waals surface area contributed by atoms with Crippen LogP contribution in [-0.2, 0) is 6.18 Å². The molecular formula is C12H18F3N5. The third-order valence-corrected chi connectivity index (χ3v) is 3.40. The molecule has 1 aromatic rings. The summed E-state index contributed by atoms with van der Waals surface area (Å²) in [6.07, 6.45) is -3.55. The van der Waals surface area contributed by atoms with Gasteiger partial charge in [-0.2, -0.15) is 13.2 Å². The van der Waals surface area contributed by atoms with Crippen LogP contribution in [0, 0.1) is 5.92 Å². The van der Waals surface area contributed by atoms with Crippen molar-refractivity contribution in [3.63, 3.8) is 0 Å². The Hall–Kier alpha value is -1.57. The minimum atomic E-state index is -4.58. The molecule has 1 aliphatic heterocycles. The minimum Gasteiger partial charge on any atom is -0.384 e. The zero-order valence-corrected chi connectivity index (χ0v) is 11.5. The lowest BCUT2D eigenvalue weighted by atomic mass is 10.1. The number of hydrogen-bond acceptors (Lipinski definition) is 5. The molecule has 0 radical (unpaired) electrons. The van der Waals surface area contributed by atoms with Gasteiger partial charge in [0.15, 0.2) is 0 Å². The fourth-order valence-corrected chi connectivity index (χ4v) is 2.43. The second kappa shape index (κ2) is 5.43. The minimum absolute atomic E-state index is 0.169. The van der Waals surface area contributed by atoms with E-state index in [1.807, 2.05) is 7.05 Å². The van der Waals surface area contributed by atoms with E-state index >= 15 is 0 Å². The van der Waals surface area contributed by atoms with Crippen molar-refractivity contribution in [3.05, 3.63) is 11.9 Å². The summed E-state index contributed by atoms with van der Waals surface area (Å²) in [6, 6.07) is 1.37. The first-order valence-corrected chi connectivity index (χ1v) is 6.37.